The third-order valence-corrected chi connectivity index (χ3v) is 5.78. The molecule has 2 aromatic rings. The summed E-state index contributed by atoms with van der Waals surface area (Å²) in [6, 6.07) is 6.51. The van der Waals surface area contributed by atoms with E-state index in [2.05, 4.69) is 58.3 Å². The molecule has 3 heteroatoms. The van der Waals surface area contributed by atoms with Crippen molar-refractivity contribution in [3.63, 3.8) is 0 Å². The molecule has 3 nitrogen and oxygen atoms in total. The molecule has 2 N–H and O–H groups in total. The molecule has 0 bridgehead atoms. The summed E-state index contributed by atoms with van der Waals surface area (Å²) in [7, 11) is 0. The molecule has 0 spiro atoms. The largest absolute Gasteiger partial charge is 0.478 e. The number of H-pyrrole nitrogens is 1. The van der Waals surface area contributed by atoms with Gasteiger partial charge in [0, 0.05) is 11.8 Å². The van der Waals surface area contributed by atoms with E-state index in [-0.39, 0.29) is 16.4 Å². The van der Waals surface area contributed by atoms with Gasteiger partial charge in [-0.3, -0.25) is 0 Å². The third kappa shape index (κ3) is 2.92. The number of nitrogens with one attached hydrogen (secondary N) is 1. The fourth-order valence-electron chi connectivity index (χ4n) is 3.87. The van der Waals surface area contributed by atoms with Gasteiger partial charge in [-0.05, 0) is 65.0 Å². The number of carboxylic acid groups (broad SMARTS) is 1. The Balaban J connectivity index is 2.14. The first kappa shape index (κ1) is 17.5. The Kier molecular flexibility index (Phi) is 3.94. The second-order valence-corrected chi connectivity index (χ2v) is 8.57. The minimum absolute atomic E-state index is 0.0864. The number of hydrogen-bond acceptors (Lipinski definition) is 1. The Bertz CT molecular complexity index is 868. The molecule has 0 unspecified atom stereocenters. The van der Waals surface area contributed by atoms with Crippen LogP contribution in [0.3, 0.4) is 0 Å². The van der Waals surface area contributed by atoms with Gasteiger partial charge >= 0.3 is 5.97 Å². The lowest BCUT2D eigenvalue weighted by Gasteiger charge is -2.42. The fraction of sp³-hybridized carbons (Fsp3) is 0.409. The van der Waals surface area contributed by atoms with Gasteiger partial charge in [0.1, 0.15) is 0 Å². The summed E-state index contributed by atoms with van der Waals surface area (Å²) in [5.74, 6) is -1.00. The lowest BCUT2D eigenvalue weighted by molar-refractivity contribution is -0.130. The zero-order chi connectivity index (χ0) is 18.6. The summed E-state index contributed by atoms with van der Waals surface area (Å²) in [5, 5.41) is 9.13. The molecule has 1 aromatic heterocycles. The maximum Gasteiger partial charge on any atom is 0.337 e. The van der Waals surface area contributed by atoms with Gasteiger partial charge in [0.15, 0.2) is 0 Å². The maximum atomic E-state index is 11.1. The number of aliphatic carboxylic acids is 1. The van der Waals surface area contributed by atoms with E-state index in [0.717, 1.165) is 11.1 Å². The SMILES string of the molecule is C=C(C(=O)O)c1cc(-c2cc3c(cc2C)C(C)(C)CCC3(C)C)c[nH]1. The number of fused-ring (bicyclic) bond motifs is 1. The van der Waals surface area contributed by atoms with Crippen LogP contribution in [0.1, 0.15) is 62.9 Å². The second-order valence-electron chi connectivity index (χ2n) is 8.57. The molecule has 1 aromatic carbocycles. The van der Waals surface area contributed by atoms with Crippen molar-refractivity contribution >= 4 is 11.5 Å². The van der Waals surface area contributed by atoms with Crippen LogP contribution in [0.4, 0.5) is 0 Å². The Hall–Kier alpha value is -2.29. The predicted molar refractivity (Wildman–Crippen MR) is 103 cm³/mol. The summed E-state index contributed by atoms with van der Waals surface area (Å²) in [6.07, 6.45) is 4.24. The Morgan fingerprint density at radius 2 is 1.64 bits per heavy atom. The summed E-state index contributed by atoms with van der Waals surface area (Å²) in [6.45, 7) is 15.0. The quantitative estimate of drug-likeness (QED) is 0.733. The number of carboxylic acids is 1. The van der Waals surface area contributed by atoms with Gasteiger partial charge in [0.2, 0.25) is 0 Å². The minimum Gasteiger partial charge on any atom is -0.478 e. The summed E-state index contributed by atoms with van der Waals surface area (Å²) >= 11 is 0. The highest BCUT2D eigenvalue weighted by Crippen LogP contribution is 2.47. The van der Waals surface area contributed by atoms with E-state index in [4.69, 9.17) is 5.11 Å². The molecule has 0 atom stereocenters. The van der Waals surface area contributed by atoms with Crippen LogP contribution < -0.4 is 0 Å². The smallest absolute Gasteiger partial charge is 0.337 e. The molecule has 0 radical (unpaired) electrons. The van der Waals surface area contributed by atoms with Gasteiger partial charge < -0.3 is 10.1 Å². The molecule has 0 saturated carbocycles. The first-order valence-electron chi connectivity index (χ1n) is 8.80. The van der Waals surface area contributed by atoms with Crippen LogP contribution in [0, 0.1) is 6.92 Å². The highest BCUT2D eigenvalue weighted by atomic mass is 16.4. The van der Waals surface area contributed by atoms with E-state index in [1.54, 1.807) is 0 Å². The summed E-state index contributed by atoms with van der Waals surface area (Å²) in [4.78, 5) is 14.2. The average Bonchev–Trinajstić information content (AvgIpc) is 3.00. The van der Waals surface area contributed by atoms with Gasteiger partial charge in [0.05, 0.1) is 11.3 Å². The monoisotopic (exact) mass is 337 g/mol. The van der Waals surface area contributed by atoms with Crippen LogP contribution in [-0.4, -0.2) is 16.1 Å². The van der Waals surface area contributed by atoms with Crippen molar-refractivity contribution in [2.45, 2.75) is 58.3 Å². The van der Waals surface area contributed by atoms with E-state index in [0.29, 0.717) is 5.69 Å². The topological polar surface area (TPSA) is 53.1 Å². The number of aryl methyl sites for hydroxylation is 1. The fourth-order valence-corrected chi connectivity index (χ4v) is 3.87. The molecule has 1 aliphatic carbocycles. The number of hydrogen-bond donors (Lipinski definition) is 2. The van der Waals surface area contributed by atoms with Crippen LogP contribution in [0.5, 0.6) is 0 Å². The minimum atomic E-state index is -1.00. The molecule has 132 valence electrons. The third-order valence-electron chi connectivity index (χ3n) is 5.78. The standard InChI is InChI=1S/C22H27NO2/c1-13-9-17-18(22(5,6)8-7-21(17,3)4)11-16(13)15-10-19(23-12-15)14(2)20(24)25/h9-12,23H,2,7-8H2,1,3-6H3,(H,24,25). The van der Waals surface area contributed by atoms with Gasteiger partial charge in [-0.2, -0.15) is 0 Å². The van der Waals surface area contributed by atoms with Crippen molar-refractivity contribution in [2.24, 2.45) is 0 Å². The number of benzene rings is 1. The van der Waals surface area contributed by atoms with Crippen LogP contribution in [0.25, 0.3) is 16.7 Å². The van der Waals surface area contributed by atoms with Crippen molar-refractivity contribution in [3.8, 4) is 11.1 Å². The molecule has 0 amide bonds. The second kappa shape index (κ2) is 5.62. The summed E-state index contributed by atoms with van der Waals surface area (Å²) < 4.78 is 0. The molecule has 25 heavy (non-hydrogen) atoms. The average molecular weight is 337 g/mol. The normalized spacial score (nSPS) is 17.8. The molecular formula is C22H27NO2. The molecule has 0 aliphatic heterocycles. The van der Waals surface area contributed by atoms with E-state index in [9.17, 15) is 4.79 Å². The lowest BCUT2D eigenvalue weighted by atomic mass is 9.62. The number of rotatable bonds is 3. The van der Waals surface area contributed by atoms with E-state index >= 15 is 0 Å². The molecular weight excluding hydrogens is 310 g/mol. The molecule has 1 aliphatic rings. The van der Waals surface area contributed by atoms with E-state index in [1.165, 1.54) is 29.5 Å². The van der Waals surface area contributed by atoms with Crippen LogP contribution in [0.15, 0.2) is 31.0 Å². The first-order valence-corrected chi connectivity index (χ1v) is 8.80. The van der Waals surface area contributed by atoms with Gasteiger partial charge in [-0.1, -0.05) is 40.3 Å². The summed E-state index contributed by atoms with van der Waals surface area (Å²) in [5.41, 5.74) is 7.21. The Morgan fingerprint density at radius 3 is 2.20 bits per heavy atom. The maximum absolute atomic E-state index is 11.1. The van der Waals surface area contributed by atoms with E-state index in [1.807, 2.05) is 12.3 Å². The molecule has 0 saturated heterocycles. The van der Waals surface area contributed by atoms with E-state index < -0.39 is 5.97 Å². The number of aromatic amines is 1. The highest BCUT2D eigenvalue weighted by Gasteiger charge is 2.37. The lowest BCUT2D eigenvalue weighted by Crippen LogP contribution is -2.34. The Morgan fingerprint density at radius 1 is 1.08 bits per heavy atom. The van der Waals surface area contributed by atoms with Gasteiger partial charge in [-0.25, -0.2) is 4.79 Å². The van der Waals surface area contributed by atoms with Gasteiger partial charge in [0.25, 0.3) is 0 Å². The zero-order valence-electron chi connectivity index (χ0n) is 15.8. The van der Waals surface area contributed by atoms with Gasteiger partial charge in [-0.15, -0.1) is 0 Å². The van der Waals surface area contributed by atoms with Crippen molar-refractivity contribution in [1.82, 2.24) is 4.98 Å². The van der Waals surface area contributed by atoms with Crippen molar-refractivity contribution in [1.29, 1.82) is 0 Å². The highest BCUT2D eigenvalue weighted by molar-refractivity contribution is 6.14. The number of aromatic nitrogens is 1. The van der Waals surface area contributed by atoms with Crippen LogP contribution >= 0.6 is 0 Å². The van der Waals surface area contributed by atoms with Crippen molar-refractivity contribution in [2.75, 3.05) is 0 Å². The molecule has 3 rings (SSSR count). The first-order chi connectivity index (χ1) is 11.5. The Labute approximate surface area is 149 Å². The molecule has 1 heterocycles. The molecule has 0 fully saturated rings. The predicted octanol–water partition coefficient (Wildman–Crippen LogP) is 5.44. The van der Waals surface area contributed by atoms with Crippen molar-refractivity contribution < 1.29 is 9.90 Å². The van der Waals surface area contributed by atoms with Crippen LogP contribution in [0.2, 0.25) is 0 Å². The van der Waals surface area contributed by atoms with Crippen LogP contribution in [-0.2, 0) is 15.6 Å². The zero-order valence-corrected chi connectivity index (χ0v) is 15.8. The number of carbonyl (C=O) groups is 1. The van der Waals surface area contributed by atoms with Crippen molar-refractivity contribution in [3.05, 3.63) is 53.4 Å².